The molecule has 0 heterocycles. The second-order valence-corrected chi connectivity index (χ2v) is 8.32. The van der Waals surface area contributed by atoms with Crippen molar-refractivity contribution >= 4 is 47.2 Å². The molecule has 1 atom stereocenters. The fourth-order valence-electron chi connectivity index (χ4n) is 2.55. The number of benzene rings is 1. The molecule has 1 fully saturated rings. The maximum Gasteiger partial charge on any atom is 0.412 e. The number of thioether (sulfide) groups is 1. The largest absolute Gasteiger partial charge is 0.412 e. The first kappa shape index (κ1) is 31.1. The van der Waals surface area contributed by atoms with Crippen molar-refractivity contribution in [2.24, 2.45) is 5.92 Å². The third-order valence-electron chi connectivity index (χ3n) is 4.55. The van der Waals surface area contributed by atoms with Gasteiger partial charge < -0.3 is 4.79 Å². The molecule has 10 heteroatoms. The van der Waals surface area contributed by atoms with Crippen LogP contribution in [0.5, 0.6) is 0 Å². The molecule has 0 saturated heterocycles. The number of carbonyl (C=O) groups is 3. The lowest BCUT2D eigenvalue weighted by molar-refractivity contribution is -0.124. The molecule has 1 aromatic carbocycles. The summed E-state index contributed by atoms with van der Waals surface area (Å²) in [7, 11) is 0. The highest BCUT2D eigenvalue weighted by Gasteiger charge is 2.36. The molecule has 2 rings (SSSR count). The molecule has 186 valence electrons. The van der Waals surface area contributed by atoms with E-state index in [2.05, 4.69) is 0 Å². The fourth-order valence-corrected chi connectivity index (χ4v) is 4.00. The molecule has 1 aromatic rings. The van der Waals surface area contributed by atoms with Gasteiger partial charge in [0.25, 0.3) is 5.91 Å². The predicted molar refractivity (Wildman–Crippen MR) is 125 cm³/mol. The molecule has 0 N–H and O–H groups in total. The minimum atomic E-state index is -4.77. The van der Waals surface area contributed by atoms with Crippen molar-refractivity contribution in [1.29, 1.82) is 0 Å². The van der Waals surface area contributed by atoms with Gasteiger partial charge in [-0.3, -0.25) is 9.59 Å². The lowest BCUT2D eigenvalue weighted by Crippen LogP contribution is -2.37. The zero-order valence-corrected chi connectivity index (χ0v) is 21.3. The van der Waals surface area contributed by atoms with Crippen molar-refractivity contribution in [2.45, 2.75) is 77.6 Å². The third kappa shape index (κ3) is 8.45. The number of anilines is 1. The Bertz CT molecular complexity index is 883. The Morgan fingerprint density at radius 3 is 2.03 bits per heavy atom. The van der Waals surface area contributed by atoms with Crippen LogP contribution < -0.4 is 4.90 Å². The van der Waals surface area contributed by atoms with Crippen LogP contribution in [-0.4, -0.2) is 29.5 Å². The Hall–Kier alpha value is -1.87. The van der Waals surface area contributed by atoms with Crippen molar-refractivity contribution in [3.8, 4) is 0 Å². The number of carbonyl (C=O) groups excluding carboxylic acids is 3. The maximum absolute atomic E-state index is 14.5. The Balaban J connectivity index is 0.00000242. The normalized spacial score (nSPS) is 14.5. The van der Waals surface area contributed by atoms with Crippen LogP contribution in [0.1, 0.15) is 61.3 Å². The summed E-state index contributed by atoms with van der Waals surface area (Å²) >= 11 is 7.10. The Morgan fingerprint density at radius 2 is 1.64 bits per heavy atom. The van der Waals surface area contributed by atoms with Crippen LogP contribution in [0.4, 0.5) is 23.2 Å². The van der Waals surface area contributed by atoms with Gasteiger partial charge in [0, 0.05) is 23.0 Å². The zero-order valence-electron chi connectivity index (χ0n) is 19.8. The molecular weight excluding hydrogens is 482 g/mol. The second kappa shape index (κ2) is 13.7. The van der Waals surface area contributed by atoms with Crippen molar-refractivity contribution < 1.29 is 31.9 Å². The summed E-state index contributed by atoms with van der Waals surface area (Å²) in [6.45, 7) is 10.6. The van der Waals surface area contributed by atoms with Gasteiger partial charge in [-0.1, -0.05) is 39.3 Å². The third-order valence-corrected chi connectivity index (χ3v) is 6.34. The van der Waals surface area contributed by atoms with E-state index in [-0.39, 0.29) is 15.8 Å². The van der Waals surface area contributed by atoms with Gasteiger partial charge in [0.2, 0.25) is 5.91 Å². The summed E-state index contributed by atoms with van der Waals surface area (Å²) < 4.78 is 53.4. The van der Waals surface area contributed by atoms with Crippen molar-refractivity contribution in [2.75, 3.05) is 4.90 Å². The van der Waals surface area contributed by atoms with Gasteiger partial charge in [-0.05, 0) is 44.7 Å². The summed E-state index contributed by atoms with van der Waals surface area (Å²) in [6, 6.07) is 1.98. The second-order valence-electron chi connectivity index (χ2n) is 6.70. The molecule has 33 heavy (non-hydrogen) atoms. The smallest absolute Gasteiger partial charge is 0.302 e. The van der Waals surface area contributed by atoms with E-state index < -0.39 is 45.9 Å². The first-order valence-corrected chi connectivity index (χ1v) is 11.8. The van der Waals surface area contributed by atoms with Gasteiger partial charge >= 0.3 is 6.18 Å². The predicted octanol–water partition coefficient (Wildman–Crippen LogP) is 7.38. The number of halogens is 5. The summed E-state index contributed by atoms with van der Waals surface area (Å²) in [6.07, 6.45) is -2.31. The van der Waals surface area contributed by atoms with Gasteiger partial charge in [0.1, 0.15) is 12.1 Å². The molecule has 4 nitrogen and oxygen atoms in total. The van der Waals surface area contributed by atoms with E-state index in [1.54, 1.807) is 0 Å². The van der Waals surface area contributed by atoms with E-state index in [0.717, 1.165) is 56.9 Å². The molecule has 1 aliphatic rings. The van der Waals surface area contributed by atoms with E-state index >= 15 is 0 Å². The number of aldehydes is 1. The van der Waals surface area contributed by atoms with E-state index in [1.165, 1.54) is 0 Å². The molecular formula is C23H30ClF4NO3S. The van der Waals surface area contributed by atoms with Gasteiger partial charge in [-0.25, -0.2) is 9.29 Å². The minimum absolute atomic E-state index is 0.0292. The van der Waals surface area contributed by atoms with Crippen LogP contribution >= 0.6 is 23.4 Å². The molecule has 2 amide bonds. The van der Waals surface area contributed by atoms with Gasteiger partial charge in [0.15, 0.2) is 0 Å². The van der Waals surface area contributed by atoms with Crippen LogP contribution in [0, 0.1) is 11.7 Å². The summed E-state index contributed by atoms with van der Waals surface area (Å²) in [5, 5.41) is -0.458. The van der Waals surface area contributed by atoms with Crippen LogP contribution in [0.3, 0.4) is 0 Å². The average molecular weight is 512 g/mol. The van der Waals surface area contributed by atoms with Crippen LogP contribution in [0.25, 0.3) is 0 Å². The number of hydrogen-bond donors (Lipinski definition) is 0. The van der Waals surface area contributed by atoms with Crippen LogP contribution in [0.15, 0.2) is 28.2 Å². The number of amides is 2. The van der Waals surface area contributed by atoms with Crippen molar-refractivity contribution in [1.82, 2.24) is 0 Å². The standard InChI is InChI=1S/C19H18ClF4NO3S.2C2H6/c1-9(10(2)19(22,23)24)18(28)25(11(3)27)15-7-16(13(20)6-14(15)21)29-17(8-26)12-4-5-12;2*1-2/h6-8,12,17H,4-5H2,1-3H3;2*1-2H3/b10-9+;;. The molecule has 1 aliphatic carbocycles. The zero-order chi connectivity index (χ0) is 26.1. The number of imide groups is 1. The lowest BCUT2D eigenvalue weighted by atomic mass is 10.1. The number of hydrogen-bond acceptors (Lipinski definition) is 4. The van der Waals surface area contributed by atoms with E-state index in [4.69, 9.17) is 11.6 Å². The topological polar surface area (TPSA) is 54.5 Å². The van der Waals surface area contributed by atoms with Gasteiger partial charge in [-0.15, -0.1) is 11.8 Å². The summed E-state index contributed by atoms with van der Waals surface area (Å²) in [5.41, 5.74) is -2.45. The highest BCUT2D eigenvalue weighted by atomic mass is 35.5. The van der Waals surface area contributed by atoms with E-state index in [0.29, 0.717) is 11.8 Å². The SMILES string of the molecule is CC.CC.CC(=O)N(C(=O)/C(C)=C(\C)C(F)(F)F)c1cc(SC(C=O)C2CC2)c(Cl)cc1F. The Kier molecular flexibility index (Phi) is 13.0. The summed E-state index contributed by atoms with van der Waals surface area (Å²) in [4.78, 5) is 36.5. The molecule has 0 aromatic heterocycles. The van der Waals surface area contributed by atoms with Gasteiger partial charge in [0.05, 0.1) is 16.0 Å². The highest BCUT2D eigenvalue weighted by Crippen LogP contribution is 2.44. The molecule has 1 saturated carbocycles. The Morgan fingerprint density at radius 1 is 1.12 bits per heavy atom. The van der Waals surface area contributed by atoms with Crippen molar-refractivity contribution in [3.05, 3.63) is 34.1 Å². The van der Waals surface area contributed by atoms with E-state index in [9.17, 15) is 31.9 Å². The quantitative estimate of drug-likeness (QED) is 0.173. The number of alkyl halides is 3. The molecule has 1 unspecified atom stereocenters. The number of allylic oxidation sites excluding steroid dienone is 1. The molecule has 0 aliphatic heterocycles. The highest BCUT2D eigenvalue weighted by molar-refractivity contribution is 8.00. The summed E-state index contributed by atoms with van der Waals surface area (Å²) in [5.74, 6) is -3.14. The number of rotatable bonds is 6. The molecule has 0 spiro atoms. The maximum atomic E-state index is 14.5. The van der Waals surface area contributed by atoms with Gasteiger partial charge in [-0.2, -0.15) is 13.2 Å². The fraction of sp³-hybridized carbons (Fsp3) is 0.522. The first-order valence-electron chi connectivity index (χ1n) is 10.6. The average Bonchev–Trinajstić information content (AvgIpc) is 3.60. The van der Waals surface area contributed by atoms with Crippen LogP contribution in [0.2, 0.25) is 5.02 Å². The Labute approximate surface area is 201 Å². The molecule has 0 bridgehead atoms. The van der Waals surface area contributed by atoms with Crippen LogP contribution in [-0.2, 0) is 14.4 Å². The number of nitrogens with zero attached hydrogens (tertiary/aromatic N) is 1. The molecule has 0 radical (unpaired) electrons. The lowest BCUT2D eigenvalue weighted by Gasteiger charge is -2.23. The minimum Gasteiger partial charge on any atom is -0.302 e. The monoisotopic (exact) mass is 511 g/mol. The first-order chi connectivity index (χ1) is 15.4. The van der Waals surface area contributed by atoms with E-state index in [1.807, 2.05) is 27.7 Å². The van der Waals surface area contributed by atoms with Crippen molar-refractivity contribution in [3.63, 3.8) is 0 Å².